The van der Waals surface area contributed by atoms with Crippen LogP contribution in [-0.2, 0) is 6.54 Å². The Morgan fingerprint density at radius 1 is 0.864 bits per heavy atom. The van der Waals surface area contributed by atoms with Crippen molar-refractivity contribution in [2.45, 2.75) is 25.8 Å². The average molecular weight is 314 g/mol. The van der Waals surface area contributed by atoms with Crippen LogP contribution in [0.1, 0.15) is 40.7 Å². The van der Waals surface area contributed by atoms with E-state index >= 15 is 0 Å². The van der Waals surface area contributed by atoms with Gasteiger partial charge in [0, 0.05) is 22.7 Å². The number of carbonyl (C=O) groups is 1. The molecule has 0 saturated carbocycles. The summed E-state index contributed by atoms with van der Waals surface area (Å²) in [5.74, 6) is 0.0428. The lowest BCUT2D eigenvalue weighted by atomic mass is 10.0. The molecule has 3 heteroatoms. The summed E-state index contributed by atoms with van der Waals surface area (Å²) in [6, 6.07) is 15.0. The van der Waals surface area contributed by atoms with E-state index in [0.29, 0.717) is 10.6 Å². The van der Waals surface area contributed by atoms with Crippen LogP contribution in [-0.4, -0.2) is 23.8 Å². The fourth-order valence-electron chi connectivity index (χ4n) is 2.91. The van der Waals surface area contributed by atoms with Gasteiger partial charge in [-0.1, -0.05) is 42.3 Å². The van der Waals surface area contributed by atoms with E-state index in [4.69, 9.17) is 11.6 Å². The molecule has 0 radical (unpaired) electrons. The summed E-state index contributed by atoms with van der Waals surface area (Å²) in [6.45, 7) is 3.35. The number of benzene rings is 2. The van der Waals surface area contributed by atoms with Gasteiger partial charge in [0.2, 0.25) is 0 Å². The van der Waals surface area contributed by atoms with Crippen molar-refractivity contribution >= 4 is 17.4 Å². The molecule has 0 atom stereocenters. The molecule has 3 rings (SSSR count). The zero-order valence-corrected chi connectivity index (χ0v) is 13.4. The lowest BCUT2D eigenvalue weighted by Gasteiger charge is -2.26. The van der Waals surface area contributed by atoms with Crippen LogP contribution in [0.4, 0.5) is 0 Å². The third kappa shape index (κ3) is 3.76. The van der Waals surface area contributed by atoms with Gasteiger partial charge in [-0.2, -0.15) is 0 Å². The van der Waals surface area contributed by atoms with E-state index in [2.05, 4.69) is 17.0 Å². The van der Waals surface area contributed by atoms with Crippen molar-refractivity contribution in [2.75, 3.05) is 13.1 Å². The number of piperidine rings is 1. The highest BCUT2D eigenvalue weighted by Gasteiger charge is 2.12. The number of likely N-dealkylation sites (tertiary alicyclic amines) is 1. The summed E-state index contributed by atoms with van der Waals surface area (Å²) >= 11 is 5.86. The van der Waals surface area contributed by atoms with Gasteiger partial charge in [0.25, 0.3) is 0 Å². The Bertz CT molecular complexity index is 627. The molecule has 1 aliphatic heterocycles. The first kappa shape index (κ1) is 15.3. The van der Waals surface area contributed by atoms with Crippen LogP contribution in [0.15, 0.2) is 48.5 Å². The molecule has 0 aromatic heterocycles. The monoisotopic (exact) mass is 313 g/mol. The average Bonchev–Trinajstić information content (AvgIpc) is 2.57. The van der Waals surface area contributed by atoms with Gasteiger partial charge in [0.15, 0.2) is 5.78 Å². The summed E-state index contributed by atoms with van der Waals surface area (Å²) < 4.78 is 0. The maximum absolute atomic E-state index is 12.4. The smallest absolute Gasteiger partial charge is 0.193 e. The SMILES string of the molecule is O=C(c1ccc(Cl)cc1)c1ccc(CN2CCCCC2)cc1. The van der Waals surface area contributed by atoms with Gasteiger partial charge >= 0.3 is 0 Å². The molecular formula is C19H20ClNO. The molecule has 1 aliphatic rings. The first-order valence-corrected chi connectivity index (χ1v) is 8.22. The van der Waals surface area contributed by atoms with Crippen molar-refractivity contribution < 1.29 is 4.79 Å². The Labute approximate surface area is 136 Å². The highest BCUT2D eigenvalue weighted by Crippen LogP contribution is 2.16. The van der Waals surface area contributed by atoms with Crippen LogP contribution >= 0.6 is 11.6 Å². The van der Waals surface area contributed by atoms with E-state index < -0.39 is 0 Å². The Balaban J connectivity index is 1.68. The second-order valence-electron chi connectivity index (χ2n) is 5.87. The highest BCUT2D eigenvalue weighted by atomic mass is 35.5. The van der Waals surface area contributed by atoms with Gasteiger partial charge < -0.3 is 0 Å². The van der Waals surface area contributed by atoms with Crippen LogP contribution < -0.4 is 0 Å². The first-order valence-electron chi connectivity index (χ1n) is 7.84. The zero-order chi connectivity index (χ0) is 15.4. The minimum Gasteiger partial charge on any atom is -0.299 e. The van der Waals surface area contributed by atoms with Crippen LogP contribution in [0, 0.1) is 0 Å². The van der Waals surface area contributed by atoms with E-state index in [1.807, 2.05) is 12.1 Å². The molecule has 1 fully saturated rings. The van der Waals surface area contributed by atoms with Gasteiger partial charge in [-0.25, -0.2) is 0 Å². The number of ketones is 1. The predicted molar refractivity (Wildman–Crippen MR) is 90.5 cm³/mol. The van der Waals surface area contributed by atoms with Crippen LogP contribution in [0.25, 0.3) is 0 Å². The minimum atomic E-state index is 0.0428. The molecule has 1 heterocycles. The molecule has 0 spiro atoms. The maximum atomic E-state index is 12.4. The Morgan fingerprint density at radius 2 is 1.41 bits per heavy atom. The molecule has 22 heavy (non-hydrogen) atoms. The van der Waals surface area contributed by atoms with Crippen LogP contribution in [0.3, 0.4) is 0 Å². The van der Waals surface area contributed by atoms with Crippen LogP contribution in [0.2, 0.25) is 5.02 Å². The lowest BCUT2D eigenvalue weighted by Crippen LogP contribution is -2.29. The molecule has 2 nitrogen and oxygen atoms in total. The molecule has 0 N–H and O–H groups in total. The van der Waals surface area contributed by atoms with Crippen LogP contribution in [0.5, 0.6) is 0 Å². The molecule has 0 bridgehead atoms. The van der Waals surface area contributed by atoms with Crippen molar-refractivity contribution in [1.82, 2.24) is 4.90 Å². The molecule has 0 aliphatic carbocycles. The lowest BCUT2D eigenvalue weighted by molar-refractivity contribution is 0.103. The highest BCUT2D eigenvalue weighted by molar-refractivity contribution is 6.30. The summed E-state index contributed by atoms with van der Waals surface area (Å²) in [4.78, 5) is 14.9. The fraction of sp³-hybridized carbons (Fsp3) is 0.316. The summed E-state index contributed by atoms with van der Waals surface area (Å²) in [5.41, 5.74) is 2.67. The molecule has 0 unspecified atom stereocenters. The molecular weight excluding hydrogens is 294 g/mol. The Kier molecular flexibility index (Phi) is 4.91. The van der Waals surface area contributed by atoms with Gasteiger partial charge in [0.1, 0.15) is 0 Å². The quantitative estimate of drug-likeness (QED) is 0.771. The van der Waals surface area contributed by atoms with E-state index in [-0.39, 0.29) is 5.78 Å². The number of hydrogen-bond acceptors (Lipinski definition) is 2. The van der Waals surface area contributed by atoms with Gasteiger partial charge in [-0.05, 0) is 55.8 Å². The topological polar surface area (TPSA) is 20.3 Å². The molecule has 0 amide bonds. The van der Waals surface area contributed by atoms with Crippen molar-refractivity contribution in [1.29, 1.82) is 0 Å². The molecule has 2 aromatic rings. The second kappa shape index (κ2) is 7.08. The number of halogens is 1. The van der Waals surface area contributed by atoms with Gasteiger partial charge in [0.05, 0.1) is 0 Å². The Morgan fingerprint density at radius 3 is 2.00 bits per heavy atom. The van der Waals surface area contributed by atoms with E-state index in [9.17, 15) is 4.79 Å². The third-order valence-electron chi connectivity index (χ3n) is 4.18. The summed E-state index contributed by atoms with van der Waals surface area (Å²) in [5, 5.41) is 0.647. The Hall–Kier alpha value is -1.64. The second-order valence-corrected chi connectivity index (χ2v) is 6.31. The summed E-state index contributed by atoms with van der Waals surface area (Å²) in [7, 11) is 0. The van der Waals surface area contributed by atoms with E-state index in [1.165, 1.54) is 37.9 Å². The molecule has 2 aromatic carbocycles. The first-order chi connectivity index (χ1) is 10.7. The maximum Gasteiger partial charge on any atom is 0.193 e. The standard InChI is InChI=1S/C19H20ClNO/c20-18-10-8-17(9-11-18)19(22)16-6-4-15(5-7-16)14-21-12-2-1-3-13-21/h4-11H,1-3,12-14H2. The van der Waals surface area contributed by atoms with Crippen molar-refractivity contribution in [2.24, 2.45) is 0 Å². The van der Waals surface area contributed by atoms with Crippen molar-refractivity contribution in [3.05, 3.63) is 70.2 Å². The fourth-order valence-corrected chi connectivity index (χ4v) is 3.03. The summed E-state index contributed by atoms with van der Waals surface area (Å²) in [6.07, 6.45) is 3.95. The number of carbonyl (C=O) groups excluding carboxylic acids is 1. The van der Waals surface area contributed by atoms with Crippen molar-refractivity contribution in [3.63, 3.8) is 0 Å². The normalized spacial score (nSPS) is 15.7. The van der Waals surface area contributed by atoms with E-state index in [0.717, 1.165) is 12.1 Å². The van der Waals surface area contributed by atoms with E-state index in [1.54, 1.807) is 24.3 Å². The van der Waals surface area contributed by atoms with Gasteiger partial charge in [-0.15, -0.1) is 0 Å². The van der Waals surface area contributed by atoms with Crippen molar-refractivity contribution in [3.8, 4) is 0 Å². The number of hydrogen-bond donors (Lipinski definition) is 0. The largest absolute Gasteiger partial charge is 0.299 e. The number of rotatable bonds is 4. The third-order valence-corrected chi connectivity index (χ3v) is 4.43. The minimum absolute atomic E-state index is 0.0428. The number of nitrogens with zero attached hydrogens (tertiary/aromatic N) is 1. The predicted octanol–water partition coefficient (Wildman–Crippen LogP) is 4.56. The van der Waals surface area contributed by atoms with Gasteiger partial charge in [-0.3, -0.25) is 9.69 Å². The molecule has 1 saturated heterocycles. The molecule has 114 valence electrons. The zero-order valence-electron chi connectivity index (χ0n) is 12.6.